The Balaban J connectivity index is 1.70. The van der Waals surface area contributed by atoms with E-state index in [1.54, 1.807) is 6.08 Å². The Labute approximate surface area is 151 Å². The van der Waals surface area contributed by atoms with Crippen molar-refractivity contribution in [3.8, 4) is 0 Å². The zero-order valence-electron chi connectivity index (χ0n) is 12.6. The van der Waals surface area contributed by atoms with E-state index >= 15 is 0 Å². The van der Waals surface area contributed by atoms with Gasteiger partial charge >= 0.3 is 6.18 Å². The van der Waals surface area contributed by atoms with E-state index in [1.165, 1.54) is 23.9 Å². The number of carbonyl (C=O) groups excluding carboxylic acids is 1. The highest BCUT2D eigenvalue weighted by Crippen LogP contribution is 2.33. The first-order valence-electron chi connectivity index (χ1n) is 7.10. The molecule has 1 aliphatic heterocycles. The van der Waals surface area contributed by atoms with Gasteiger partial charge in [0.25, 0.3) is 5.91 Å². The molecule has 1 saturated heterocycles. The minimum absolute atomic E-state index is 0.269. The van der Waals surface area contributed by atoms with Gasteiger partial charge in [0.15, 0.2) is 5.11 Å². The summed E-state index contributed by atoms with van der Waals surface area (Å²) in [6.45, 7) is 0. The van der Waals surface area contributed by atoms with Crippen LogP contribution < -0.4 is 10.6 Å². The van der Waals surface area contributed by atoms with E-state index in [-0.39, 0.29) is 11.0 Å². The fourth-order valence-electron chi connectivity index (χ4n) is 2.13. The number of rotatable bonds is 3. The molecule has 0 unspecified atom stereocenters. The number of thiocarbonyl (C=S) groups is 1. The van der Waals surface area contributed by atoms with Crippen LogP contribution >= 0.6 is 24.0 Å². The quantitative estimate of drug-likeness (QED) is 0.619. The van der Waals surface area contributed by atoms with Crippen LogP contribution in [0.1, 0.15) is 11.1 Å². The third kappa shape index (κ3) is 4.40. The number of alkyl halides is 3. The molecule has 0 saturated carbocycles. The molecule has 1 aliphatic rings. The standard InChI is InChI=1S/C17H11F3N2OS2/c18-17(19,20)11-3-7-13(8-4-11)25-12-5-1-10(2-6-12)9-14-15(23)22-16(24)21-14/h1-9H,(H2,21,22,23,24). The SMILES string of the molecule is O=C1NC(=S)NC1=Cc1ccc(Sc2ccc(C(F)(F)F)cc2)cc1. The predicted molar refractivity (Wildman–Crippen MR) is 93.9 cm³/mol. The normalized spacial score (nSPS) is 16.0. The number of hydrogen-bond donors (Lipinski definition) is 2. The second-order valence-corrected chi connectivity index (χ2v) is 6.71. The van der Waals surface area contributed by atoms with Gasteiger partial charge in [-0.1, -0.05) is 23.9 Å². The highest BCUT2D eigenvalue weighted by atomic mass is 32.2. The van der Waals surface area contributed by atoms with Gasteiger partial charge in [-0.2, -0.15) is 13.2 Å². The fraction of sp³-hybridized carbons (Fsp3) is 0.0588. The predicted octanol–water partition coefficient (Wildman–Crippen LogP) is 4.20. The van der Waals surface area contributed by atoms with E-state index in [0.717, 1.165) is 22.6 Å². The van der Waals surface area contributed by atoms with E-state index in [9.17, 15) is 18.0 Å². The van der Waals surface area contributed by atoms with Crippen LogP contribution in [-0.4, -0.2) is 11.0 Å². The van der Waals surface area contributed by atoms with Crippen molar-refractivity contribution in [1.29, 1.82) is 0 Å². The lowest BCUT2D eigenvalue weighted by molar-refractivity contribution is -0.137. The first-order chi connectivity index (χ1) is 11.8. The number of benzene rings is 2. The van der Waals surface area contributed by atoms with Crippen molar-refractivity contribution < 1.29 is 18.0 Å². The Kier molecular flexibility index (Phi) is 4.82. The third-order valence-electron chi connectivity index (χ3n) is 3.33. The van der Waals surface area contributed by atoms with Gasteiger partial charge < -0.3 is 5.32 Å². The van der Waals surface area contributed by atoms with Gasteiger partial charge in [0, 0.05) is 9.79 Å². The number of nitrogens with one attached hydrogen (secondary N) is 2. The molecule has 1 fully saturated rings. The molecule has 2 aromatic rings. The molecule has 128 valence electrons. The van der Waals surface area contributed by atoms with Crippen molar-refractivity contribution in [2.45, 2.75) is 16.0 Å². The van der Waals surface area contributed by atoms with Crippen LogP contribution in [0.15, 0.2) is 64.0 Å². The average Bonchev–Trinajstić information content (AvgIpc) is 2.86. The molecule has 1 amide bonds. The lowest BCUT2D eigenvalue weighted by atomic mass is 10.2. The van der Waals surface area contributed by atoms with Gasteiger partial charge in [-0.05, 0) is 60.3 Å². The Morgan fingerprint density at radius 3 is 1.96 bits per heavy atom. The molecule has 0 radical (unpaired) electrons. The summed E-state index contributed by atoms with van der Waals surface area (Å²) in [5.41, 5.74) is 0.506. The Hall–Kier alpha value is -2.32. The smallest absolute Gasteiger partial charge is 0.328 e. The number of halogens is 3. The van der Waals surface area contributed by atoms with Gasteiger partial charge in [0.05, 0.1) is 5.56 Å². The second kappa shape index (κ2) is 6.89. The minimum Gasteiger partial charge on any atom is -0.328 e. The van der Waals surface area contributed by atoms with Crippen LogP contribution in [-0.2, 0) is 11.0 Å². The van der Waals surface area contributed by atoms with E-state index < -0.39 is 11.7 Å². The van der Waals surface area contributed by atoms with Gasteiger partial charge in [0.2, 0.25) is 0 Å². The van der Waals surface area contributed by atoms with Crippen molar-refractivity contribution in [3.63, 3.8) is 0 Å². The third-order valence-corrected chi connectivity index (χ3v) is 4.55. The lowest BCUT2D eigenvalue weighted by Crippen LogP contribution is -2.21. The summed E-state index contributed by atoms with van der Waals surface area (Å²) in [6, 6.07) is 12.3. The highest BCUT2D eigenvalue weighted by molar-refractivity contribution is 7.99. The maximum absolute atomic E-state index is 12.6. The molecule has 2 aromatic carbocycles. The second-order valence-electron chi connectivity index (χ2n) is 5.16. The van der Waals surface area contributed by atoms with Crippen molar-refractivity contribution in [2.24, 2.45) is 0 Å². The van der Waals surface area contributed by atoms with E-state index in [0.29, 0.717) is 10.6 Å². The molecular formula is C17H11F3N2OS2. The molecule has 2 N–H and O–H groups in total. The molecular weight excluding hydrogens is 369 g/mol. The van der Waals surface area contributed by atoms with Gasteiger partial charge in [0.1, 0.15) is 5.70 Å². The topological polar surface area (TPSA) is 41.1 Å². The Morgan fingerprint density at radius 2 is 1.48 bits per heavy atom. The van der Waals surface area contributed by atoms with Crippen molar-refractivity contribution in [2.75, 3.05) is 0 Å². The molecule has 25 heavy (non-hydrogen) atoms. The zero-order chi connectivity index (χ0) is 18.0. The number of hydrogen-bond acceptors (Lipinski definition) is 3. The highest BCUT2D eigenvalue weighted by Gasteiger charge is 2.29. The molecule has 3 rings (SSSR count). The lowest BCUT2D eigenvalue weighted by Gasteiger charge is -2.07. The molecule has 1 heterocycles. The number of amides is 1. The summed E-state index contributed by atoms with van der Waals surface area (Å²) >= 11 is 6.21. The molecule has 3 nitrogen and oxygen atoms in total. The maximum Gasteiger partial charge on any atom is 0.416 e. The molecule has 0 spiro atoms. The van der Waals surface area contributed by atoms with E-state index in [2.05, 4.69) is 10.6 Å². The fourth-order valence-corrected chi connectivity index (χ4v) is 3.15. The minimum atomic E-state index is -4.33. The summed E-state index contributed by atoms with van der Waals surface area (Å²) in [6.07, 6.45) is -2.66. The zero-order valence-corrected chi connectivity index (χ0v) is 14.2. The summed E-state index contributed by atoms with van der Waals surface area (Å²) in [7, 11) is 0. The largest absolute Gasteiger partial charge is 0.416 e. The monoisotopic (exact) mass is 380 g/mol. The van der Waals surface area contributed by atoms with Gasteiger partial charge in [-0.3, -0.25) is 10.1 Å². The molecule has 0 atom stereocenters. The first-order valence-corrected chi connectivity index (χ1v) is 8.33. The van der Waals surface area contributed by atoms with Crippen LogP contribution in [0.25, 0.3) is 6.08 Å². The van der Waals surface area contributed by atoms with Gasteiger partial charge in [-0.15, -0.1) is 0 Å². The molecule has 0 bridgehead atoms. The summed E-state index contributed by atoms with van der Waals surface area (Å²) < 4.78 is 37.7. The van der Waals surface area contributed by atoms with Crippen LogP contribution in [0, 0.1) is 0 Å². The molecule has 0 aromatic heterocycles. The van der Waals surface area contributed by atoms with Gasteiger partial charge in [-0.25, -0.2) is 0 Å². The Bertz CT molecular complexity index is 844. The van der Waals surface area contributed by atoms with Crippen LogP contribution in [0.3, 0.4) is 0 Å². The maximum atomic E-state index is 12.6. The van der Waals surface area contributed by atoms with Crippen LogP contribution in [0.5, 0.6) is 0 Å². The van der Waals surface area contributed by atoms with Crippen molar-refractivity contribution >= 4 is 41.1 Å². The van der Waals surface area contributed by atoms with Crippen molar-refractivity contribution in [3.05, 3.63) is 65.4 Å². The molecule has 8 heteroatoms. The summed E-state index contributed by atoms with van der Waals surface area (Å²) in [5, 5.41) is 5.50. The molecule has 0 aliphatic carbocycles. The van der Waals surface area contributed by atoms with E-state index in [4.69, 9.17) is 12.2 Å². The summed E-state index contributed by atoms with van der Waals surface area (Å²) in [4.78, 5) is 13.2. The van der Waals surface area contributed by atoms with E-state index in [1.807, 2.05) is 24.3 Å². The van der Waals surface area contributed by atoms with Crippen LogP contribution in [0.2, 0.25) is 0 Å². The van der Waals surface area contributed by atoms with Crippen LogP contribution in [0.4, 0.5) is 13.2 Å². The number of carbonyl (C=O) groups is 1. The Morgan fingerprint density at radius 1 is 0.920 bits per heavy atom. The summed E-state index contributed by atoms with van der Waals surface area (Å²) in [5.74, 6) is -0.284. The van der Waals surface area contributed by atoms with Crippen molar-refractivity contribution in [1.82, 2.24) is 10.6 Å². The average molecular weight is 380 g/mol. The first kappa shape index (κ1) is 17.5.